The summed E-state index contributed by atoms with van der Waals surface area (Å²) in [6.07, 6.45) is 0. The van der Waals surface area contributed by atoms with Gasteiger partial charge in [0.25, 0.3) is 5.91 Å². The number of H-pyrrole nitrogens is 1. The third-order valence-electron chi connectivity index (χ3n) is 5.22. The number of ether oxygens (including phenoxy) is 1. The molecule has 0 spiro atoms. The third kappa shape index (κ3) is 4.61. The molecule has 3 aromatic rings. The molecule has 1 aliphatic heterocycles. The van der Waals surface area contributed by atoms with Crippen LogP contribution >= 0.6 is 23.2 Å². The van der Waals surface area contributed by atoms with E-state index in [1.165, 1.54) is 0 Å². The van der Waals surface area contributed by atoms with Crippen molar-refractivity contribution in [3.63, 3.8) is 0 Å². The highest BCUT2D eigenvalue weighted by atomic mass is 35.5. The van der Waals surface area contributed by atoms with Gasteiger partial charge in [0, 0.05) is 38.3 Å². The number of piperazine rings is 1. The Hall–Kier alpha value is -2.54. The number of methoxy groups -OCH3 is 1. The quantitative estimate of drug-likeness (QED) is 0.635. The Kier molecular flexibility index (Phi) is 6.27. The van der Waals surface area contributed by atoms with Crippen LogP contribution < -0.4 is 4.74 Å². The molecule has 1 aliphatic rings. The number of carbonyl (C=O) groups excluding carboxylic acids is 1. The zero-order valence-corrected chi connectivity index (χ0v) is 18.1. The Morgan fingerprint density at radius 1 is 1.07 bits per heavy atom. The van der Waals surface area contributed by atoms with E-state index in [9.17, 15) is 4.79 Å². The molecule has 0 bridgehead atoms. The van der Waals surface area contributed by atoms with E-state index < -0.39 is 0 Å². The first-order valence-corrected chi connectivity index (χ1v) is 10.4. The number of benzene rings is 2. The molecule has 6 nitrogen and oxygen atoms in total. The average Bonchev–Trinajstić information content (AvgIpc) is 3.27. The van der Waals surface area contributed by atoms with Crippen molar-refractivity contribution in [2.45, 2.75) is 6.54 Å². The van der Waals surface area contributed by atoms with Crippen LogP contribution in [-0.4, -0.2) is 59.2 Å². The number of nitrogens with zero attached hydrogens (tertiary/aromatic N) is 3. The predicted octanol–water partition coefficient (Wildman–Crippen LogP) is 4.35. The largest absolute Gasteiger partial charge is 0.497 e. The van der Waals surface area contributed by atoms with Crippen LogP contribution in [-0.2, 0) is 6.54 Å². The van der Waals surface area contributed by atoms with Crippen LogP contribution in [0, 0.1) is 0 Å². The molecular weight excluding hydrogens is 423 g/mol. The van der Waals surface area contributed by atoms with Crippen LogP contribution in [0.4, 0.5) is 0 Å². The minimum Gasteiger partial charge on any atom is -0.497 e. The first kappa shape index (κ1) is 20.7. The fraction of sp³-hybridized carbons (Fsp3) is 0.273. The van der Waals surface area contributed by atoms with Crippen LogP contribution in [0.25, 0.3) is 11.3 Å². The number of amides is 1. The van der Waals surface area contributed by atoms with E-state index in [0.29, 0.717) is 28.8 Å². The van der Waals surface area contributed by atoms with Gasteiger partial charge in [0.15, 0.2) is 0 Å². The molecule has 2 heterocycles. The molecular formula is C22H22Cl2N4O2. The molecule has 1 fully saturated rings. The zero-order valence-electron chi connectivity index (χ0n) is 16.6. The van der Waals surface area contributed by atoms with Crippen LogP contribution in [0.3, 0.4) is 0 Å². The molecule has 4 rings (SSSR count). The van der Waals surface area contributed by atoms with Gasteiger partial charge in [-0.1, -0.05) is 41.4 Å². The van der Waals surface area contributed by atoms with Gasteiger partial charge in [0.2, 0.25) is 0 Å². The summed E-state index contributed by atoms with van der Waals surface area (Å²) in [5, 5.41) is 8.30. The highest BCUT2D eigenvalue weighted by Gasteiger charge is 2.24. The van der Waals surface area contributed by atoms with E-state index in [-0.39, 0.29) is 5.91 Å². The lowest BCUT2D eigenvalue weighted by atomic mass is 10.1. The molecule has 8 heteroatoms. The number of aromatic nitrogens is 2. The highest BCUT2D eigenvalue weighted by molar-refractivity contribution is 6.42. The fourth-order valence-corrected chi connectivity index (χ4v) is 3.86. The number of carbonyl (C=O) groups is 1. The maximum absolute atomic E-state index is 12.9. The lowest BCUT2D eigenvalue weighted by molar-refractivity contribution is 0.0622. The number of hydrogen-bond donors (Lipinski definition) is 1. The number of halogens is 2. The first-order chi connectivity index (χ1) is 14.5. The normalized spacial score (nSPS) is 14.7. The van der Waals surface area contributed by atoms with Crippen molar-refractivity contribution in [2.75, 3.05) is 33.3 Å². The minimum absolute atomic E-state index is 0.0363. The summed E-state index contributed by atoms with van der Waals surface area (Å²) in [7, 11) is 1.62. The van der Waals surface area contributed by atoms with Gasteiger partial charge in [-0.3, -0.25) is 14.8 Å². The van der Waals surface area contributed by atoms with Crippen molar-refractivity contribution < 1.29 is 9.53 Å². The van der Waals surface area contributed by atoms with Crippen LogP contribution in [0.5, 0.6) is 5.75 Å². The van der Waals surface area contributed by atoms with Crippen molar-refractivity contribution in [1.29, 1.82) is 0 Å². The third-order valence-corrected chi connectivity index (χ3v) is 5.96. The maximum atomic E-state index is 12.9. The Labute approximate surface area is 185 Å². The molecule has 1 N–H and O–H groups in total. The van der Waals surface area contributed by atoms with Crippen molar-refractivity contribution in [3.8, 4) is 17.0 Å². The van der Waals surface area contributed by atoms with Gasteiger partial charge in [0.05, 0.1) is 22.8 Å². The van der Waals surface area contributed by atoms with E-state index in [4.69, 9.17) is 27.9 Å². The van der Waals surface area contributed by atoms with Crippen molar-refractivity contribution in [2.24, 2.45) is 0 Å². The zero-order chi connectivity index (χ0) is 21.1. The van der Waals surface area contributed by atoms with Crippen LogP contribution in [0.1, 0.15) is 16.1 Å². The smallest absolute Gasteiger partial charge is 0.271 e. The topological polar surface area (TPSA) is 61.5 Å². The summed E-state index contributed by atoms with van der Waals surface area (Å²) in [6, 6.07) is 15.1. The molecule has 30 heavy (non-hydrogen) atoms. The van der Waals surface area contributed by atoms with E-state index in [2.05, 4.69) is 15.1 Å². The maximum Gasteiger partial charge on any atom is 0.271 e. The summed E-state index contributed by atoms with van der Waals surface area (Å²) >= 11 is 12.1. The number of aromatic amines is 1. The highest BCUT2D eigenvalue weighted by Crippen LogP contribution is 2.24. The van der Waals surface area contributed by atoms with Crippen molar-refractivity contribution >= 4 is 29.1 Å². The molecule has 1 amide bonds. The van der Waals surface area contributed by atoms with Crippen molar-refractivity contribution in [1.82, 2.24) is 20.0 Å². The van der Waals surface area contributed by atoms with Gasteiger partial charge in [-0.15, -0.1) is 0 Å². The summed E-state index contributed by atoms with van der Waals surface area (Å²) in [6.45, 7) is 3.69. The summed E-state index contributed by atoms with van der Waals surface area (Å²) in [5.41, 5.74) is 3.22. The Morgan fingerprint density at radius 2 is 1.87 bits per heavy atom. The Morgan fingerprint density at radius 3 is 2.60 bits per heavy atom. The molecule has 156 valence electrons. The summed E-state index contributed by atoms with van der Waals surface area (Å²) in [5.74, 6) is 0.715. The van der Waals surface area contributed by atoms with Gasteiger partial charge >= 0.3 is 0 Å². The fourth-order valence-electron chi connectivity index (χ4n) is 3.54. The second-order valence-corrected chi connectivity index (χ2v) is 8.03. The lowest BCUT2D eigenvalue weighted by Crippen LogP contribution is -2.48. The number of nitrogens with one attached hydrogen (secondary N) is 1. The first-order valence-electron chi connectivity index (χ1n) is 9.69. The molecule has 0 unspecified atom stereocenters. The lowest BCUT2D eigenvalue weighted by Gasteiger charge is -2.34. The standard InChI is InChI=1S/C22H22Cl2N4O2/c1-30-17-4-2-3-16(12-17)20-13-21(26-25-20)22(29)28-9-7-27(8-10-28)14-15-5-6-18(23)19(24)11-15/h2-6,11-13H,7-10,14H2,1H3,(H,25,26). The Bertz CT molecular complexity index is 1050. The minimum atomic E-state index is -0.0363. The van der Waals surface area contributed by atoms with E-state index in [0.717, 1.165) is 42.2 Å². The molecule has 0 atom stereocenters. The molecule has 0 radical (unpaired) electrons. The van der Waals surface area contributed by atoms with Crippen LogP contribution in [0.15, 0.2) is 48.5 Å². The van der Waals surface area contributed by atoms with Crippen molar-refractivity contribution in [3.05, 3.63) is 69.8 Å². The van der Waals surface area contributed by atoms with Gasteiger partial charge in [0.1, 0.15) is 11.4 Å². The molecule has 2 aromatic carbocycles. The summed E-state index contributed by atoms with van der Waals surface area (Å²) < 4.78 is 5.26. The second kappa shape index (κ2) is 9.08. The average molecular weight is 445 g/mol. The van der Waals surface area contributed by atoms with Gasteiger partial charge in [-0.2, -0.15) is 5.10 Å². The van der Waals surface area contributed by atoms with E-state index >= 15 is 0 Å². The number of rotatable bonds is 5. The van der Waals surface area contributed by atoms with Gasteiger partial charge in [-0.05, 0) is 35.9 Å². The molecule has 0 saturated carbocycles. The Balaban J connectivity index is 1.36. The second-order valence-electron chi connectivity index (χ2n) is 7.22. The SMILES string of the molecule is COc1cccc(-c2cc(C(=O)N3CCN(Cc4ccc(Cl)c(Cl)c4)CC3)[nH]n2)c1. The molecule has 1 saturated heterocycles. The molecule has 0 aliphatic carbocycles. The monoisotopic (exact) mass is 444 g/mol. The van der Waals surface area contributed by atoms with Gasteiger partial charge < -0.3 is 9.64 Å². The predicted molar refractivity (Wildman–Crippen MR) is 118 cm³/mol. The summed E-state index contributed by atoms with van der Waals surface area (Å²) in [4.78, 5) is 17.1. The van der Waals surface area contributed by atoms with E-state index in [1.807, 2.05) is 47.4 Å². The number of hydrogen-bond acceptors (Lipinski definition) is 4. The van der Waals surface area contributed by atoms with Gasteiger partial charge in [-0.25, -0.2) is 0 Å². The molecule has 1 aromatic heterocycles. The van der Waals surface area contributed by atoms with E-state index in [1.54, 1.807) is 13.2 Å². The van der Waals surface area contributed by atoms with Crippen LogP contribution in [0.2, 0.25) is 10.0 Å².